The lowest BCUT2D eigenvalue weighted by Crippen LogP contribution is -2.38. The molecule has 11 heteroatoms. The van der Waals surface area contributed by atoms with E-state index >= 15 is 0 Å². The molecule has 1 atom stereocenters. The molecular formula is C19H18F3N3O4S. The van der Waals surface area contributed by atoms with Crippen LogP contribution in [0.1, 0.15) is 23.9 Å². The highest BCUT2D eigenvalue weighted by Gasteiger charge is 2.42. The quantitative estimate of drug-likeness (QED) is 0.565. The standard InChI is InChI=1S/C19H18F3N3O4S/c1-27-12-6-5-11(10-13(12)28-2)17(19(20,21)22)23-15(26)7-8-16-24-18(25-29-16)14-4-3-9-30-14/h3-6,9-10,17H,7-8H2,1-2H3,(H,23,26)/t17-/m1/s1. The summed E-state index contributed by atoms with van der Waals surface area (Å²) in [4.78, 5) is 17.1. The van der Waals surface area contributed by atoms with Crippen molar-refractivity contribution in [1.82, 2.24) is 15.5 Å². The van der Waals surface area contributed by atoms with Gasteiger partial charge in [-0.05, 0) is 29.1 Å². The minimum atomic E-state index is -4.70. The molecule has 0 radical (unpaired) electrons. The van der Waals surface area contributed by atoms with Crippen LogP contribution in [0.2, 0.25) is 0 Å². The number of hydrogen-bond acceptors (Lipinski definition) is 7. The Morgan fingerprint density at radius 3 is 2.63 bits per heavy atom. The van der Waals surface area contributed by atoms with Gasteiger partial charge in [0.15, 0.2) is 17.5 Å². The number of aryl methyl sites for hydroxylation is 1. The minimum absolute atomic E-state index is 0.0146. The molecule has 3 rings (SSSR count). The van der Waals surface area contributed by atoms with Crippen molar-refractivity contribution in [1.29, 1.82) is 0 Å². The molecule has 0 spiro atoms. The van der Waals surface area contributed by atoms with Gasteiger partial charge < -0.3 is 19.3 Å². The molecule has 1 aromatic carbocycles. The Morgan fingerprint density at radius 1 is 1.23 bits per heavy atom. The zero-order valence-electron chi connectivity index (χ0n) is 16.0. The van der Waals surface area contributed by atoms with Crippen molar-refractivity contribution in [3.63, 3.8) is 0 Å². The molecule has 0 saturated heterocycles. The summed E-state index contributed by atoms with van der Waals surface area (Å²) in [5.74, 6) is 0.155. The van der Waals surface area contributed by atoms with Crippen LogP contribution >= 0.6 is 11.3 Å². The molecule has 0 bridgehead atoms. The van der Waals surface area contributed by atoms with E-state index in [0.29, 0.717) is 5.82 Å². The number of aromatic nitrogens is 2. The van der Waals surface area contributed by atoms with Crippen molar-refractivity contribution in [2.75, 3.05) is 14.2 Å². The molecule has 160 valence electrons. The molecular weight excluding hydrogens is 423 g/mol. The number of ether oxygens (including phenoxy) is 2. The molecule has 0 aliphatic carbocycles. The van der Waals surface area contributed by atoms with Crippen molar-refractivity contribution < 1.29 is 32.0 Å². The maximum Gasteiger partial charge on any atom is 0.412 e. The Balaban J connectivity index is 1.67. The predicted octanol–water partition coefficient (Wildman–Crippen LogP) is 4.17. The zero-order chi connectivity index (χ0) is 21.7. The average Bonchev–Trinajstić information content (AvgIpc) is 3.40. The van der Waals surface area contributed by atoms with Gasteiger partial charge in [-0.2, -0.15) is 18.2 Å². The summed E-state index contributed by atoms with van der Waals surface area (Å²) in [5.41, 5.74) is -0.175. The summed E-state index contributed by atoms with van der Waals surface area (Å²) in [7, 11) is 2.69. The Bertz CT molecular complexity index is 989. The molecule has 2 heterocycles. The lowest BCUT2D eigenvalue weighted by molar-refractivity contribution is -0.163. The summed E-state index contributed by atoms with van der Waals surface area (Å²) in [5, 5.41) is 7.68. The van der Waals surface area contributed by atoms with E-state index in [1.165, 1.54) is 43.8 Å². The monoisotopic (exact) mass is 441 g/mol. The van der Waals surface area contributed by atoms with Crippen LogP contribution < -0.4 is 14.8 Å². The van der Waals surface area contributed by atoms with E-state index in [1.807, 2.05) is 22.8 Å². The number of methoxy groups -OCH3 is 2. The molecule has 0 aliphatic heterocycles. The topological polar surface area (TPSA) is 86.5 Å². The fourth-order valence-electron chi connectivity index (χ4n) is 2.70. The summed E-state index contributed by atoms with van der Waals surface area (Å²) < 4.78 is 55.9. The first-order valence-electron chi connectivity index (χ1n) is 8.76. The van der Waals surface area contributed by atoms with E-state index < -0.39 is 18.1 Å². The summed E-state index contributed by atoms with van der Waals surface area (Å²) in [6, 6.07) is 5.20. The minimum Gasteiger partial charge on any atom is -0.493 e. The van der Waals surface area contributed by atoms with Gasteiger partial charge >= 0.3 is 6.18 Å². The number of nitrogens with one attached hydrogen (secondary N) is 1. The van der Waals surface area contributed by atoms with Gasteiger partial charge in [0.2, 0.25) is 17.6 Å². The highest BCUT2D eigenvalue weighted by atomic mass is 32.1. The van der Waals surface area contributed by atoms with Crippen molar-refractivity contribution >= 4 is 17.2 Å². The molecule has 30 heavy (non-hydrogen) atoms. The molecule has 7 nitrogen and oxygen atoms in total. The molecule has 1 amide bonds. The highest BCUT2D eigenvalue weighted by Crippen LogP contribution is 2.37. The van der Waals surface area contributed by atoms with Crippen molar-refractivity contribution in [3.05, 3.63) is 47.2 Å². The van der Waals surface area contributed by atoms with Gasteiger partial charge in [-0.15, -0.1) is 11.3 Å². The SMILES string of the molecule is COc1ccc([C@@H](NC(=O)CCc2nc(-c3cccs3)no2)C(F)(F)F)cc1OC. The molecule has 0 aliphatic rings. The van der Waals surface area contributed by atoms with Gasteiger partial charge in [0.05, 0.1) is 19.1 Å². The summed E-state index contributed by atoms with van der Waals surface area (Å²) in [6.45, 7) is 0. The van der Waals surface area contributed by atoms with Crippen molar-refractivity contribution in [2.45, 2.75) is 25.1 Å². The number of amides is 1. The first-order valence-corrected chi connectivity index (χ1v) is 9.64. The summed E-state index contributed by atoms with van der Waals surface area (Å²) >= 11 is 1.42. The first kappa shape index (κ1) is 21.6. The van der Waals surface area contributed by atoms with E-state index in [2.05, 4.69) is 10.1 Å². The third-order valence-electron chi connectivity index (χ3n) is 4.15. The fourth-order valence-corrected chi connectivity index (χ4v) is 3.35. The van der Waals surface area contributed by atoms with Crippen LogP contribution in [0.4, 0.5) is 13.2 Å². The second kappa shape index (κ2) is 9.16. The summed E-state index contributed by atoms with van der Waals surface area (Å²) in [6.07, 6.45) is -4.93. The normalized spacial score (nSPS) is 12.4. The Morgan fingerprint density at radius 2 is 2.00 bits per heavy atom. The number of rotatable bonds is 8. The van der Waals surface area contributed by atoms with E-state index in [-0.39, 0.29) is 35.8 Å². The third-order valence-corrected chi connectivity index (χ3v) is 5.01. The van der Waals surface area contributed by atoms with E-state index in [4.69, 9.17) is 14.0 Å². The number of carbonyl (C=O) groups is 1. The molecule has 0 fully saturated rings. The average molecular weight is 441 g/mol. The van der Waals surface area contributed by atoms with Gasteiger partial charge in [-0.1, -0.05) is 17.3 Å². The second-order valence-electron chi connectivity index (χ2n) is 6.15. The Kier molecular flexibility index (Phi) is 6.60. The van der Waals surface area contributed by atoms with Crippen LogP contribution in [0.3, 0.4) is 0 Å². The number of hydrogen-bond donors (Lipinski definition) is 1. The van der Waals surface area contributed by atoms with Crippen LogP contribution in [0.25, 0.3) is 10.7 Å². The number of nitrogens with zero attached hydrogens (tertiary/aromatic N) is 2. The number of thiophene rings is 1. The van der Waals surface area contributed by atoms with Crippen molar-refractivity contribution in [3.8, 4) is 22.2 Å². The zero-order valence-corrected chi connectivity index (χ0v) is 16.8. The molecule has 2 aromatic heterocycles. The molecule has 3 aromatic rings. The van der Waals surface area contributed by atoms with Crippen LogP contribution in [-0.2, 0) is 11.2 Å². The molecule has 0 saturated carbocycles. The highest BCUT2D eigenvalue weighted by molar-refractivity contribution is 7.13. The van der Waals surface area contributed by atoms with Crippen LogP contribution in [-0.4, -0.2) is 36.4 Å². The van der Waals surface area contributed by atoms with Gasteiger partial charge in [0.25, 0.3) is 0 Å². The number of benzene rings is 1. The van der Waals surface area contributed by atoms with Crippen LogP contribution in [0.15, 0.2) is 40.2 Å². The number of carbonyl (C=O) groups excluding carboxylic acids is 1. The molecule has 1 N–H and O–H groups in total. The smallest absolute Gasteiger partial charge is 0.412 e. The van der Waals surface area contributed by atoms with Crippen LogP contribution in [0, 0.1) is 0 Å². The van der Waals surface area contributed by atoms with Gasteiger partial charge in [0.1, 0.15) is 0 Å². The predicted molar refractivity (Wildman–Crippen MR) is 102 cm³/mol. The second-order valence-corrected chi connectivity index (χ2v) is 7.09. The third kappa shape index (κ3) is 5.09. The molecule has 0 unspecified atom stereocenters. The van der Waals surface area contributed by atoms with Gasteiger partial charge in [0, 0.05) is 12.8 Å². The maximum atomic E-state index is 13.6. The van der Waals surface area contributed by atoms with Gasteiger partial charge in [-0.25, -0.2) is 0 Å². The lowest BCUT2D eigenvalue weighted by Gasteiger charge is -2.23. The van der Waals surface area contributed by atoms with Crippen LogP contribution in [0.5, 0.6) is 11.5 Å². The Labute approximate surface area is 173 Å². The van der Waals surface area contributed by atoms with E-state index in [0.717, 1.165) is 4.88 Å². The maximum absolute atomic E-state index is 13.6. The first-order chi connectivity index (χ1) is 14.3. The van der Waals surface area contributed by atoms with Crippen molar-refractivity contribution in [2.24, 2.45) is 0 Å². The van der Waals surface area contributed by atoms with Gasteiger partial charge in [-0.3, -0.25) is 4.79 Å². The lowest BCUT2D eigenvalue weighted by atomic mass is 10.1. The largest absolute Gasteiger partial charge is 0.493 e. The van der Waals surface area contributed by atoms with E-state index in [9.17, 15) is 18.0 Å². The fraction of sp³-hybridized carbons (Fsp3) is 0.316. The Hall–Kier alpha value is -3.08. The van der Waals surface area contributed by atoms with E-state index in [1.54, 1.807) is 0 Å². The number of alkyl halides is 3. The number of halogens is 3.